The molecule has 0 fully saturated rings. The van der Waals surface area contributed by atoms with Gasteiger partial charge >= 0.3 is 0 Å². The van der Waals surface area contributed by atoms with Crippen molar-refractivity contribution in [3.8, 4) is 5.75 Å². The summed E-state index contributed by atoms with van der Waals surface area (Å²) in [4.78, 5) is 27.3. The van der Waals surface area contributed by atoms with Crippen molar-refractivity contribution >= 4 is 27.5 Å². The molecule has 0 saturated heterocycles. The summed E-state index contributed by atoms with van der Waals surface area (Å²) in [6, 6.07) is 15.9. The van der Waals surface area contributed by atoms with Gasteiger partial charge in [0, 0.05) is 24.7 Å². The first kappa shape index (κ1) is 23.7. The van der Waals surface area contributed by atoms with Gasteiger partial charge in [-0.2, -0.15) is 0 Å². The van der Waals surface area contributed by atoms with E-state index in [1.54, 1.807) is 36.0 Å². The van der Waals surface area contributed by atoms with Gasteiger partial charge in [0.1, 0.15) is 22.2 Å². The minimum atomic E-state index is -0.829. The van der Waals surface area contributed by atoms with Crippen LogP contribution in [-0.4, -0.2) is 27.3 Å². The summed E-state index contributed by atoms with van der Waals surface area (Å²) < 4.78 is 7.43. The molecule has 0 bridgehead atoms. The number of hydrogen-bond acceptors (Lipinski definition) is 6. The molecule has 7 nitrogen and oxygen atoms in total. The molecule has 1 amide bonds. The van der Waals surface area contributed by atoms with Gasteiger partial charge in [-0.3, -0.25) is 9.59 Å². The van der Waals surface area contributed by atoms with Crippen LogP contribution >= 0.6 is 11.3 Å². The molecule has 2 heterocycles. The summed E-state index contributed by atoms with van der Waals surface area (Å²) in [6.07, 6.45) is 0.732. The van der Waals surface area contributed by atoms with E-state index >= 15 is 0 Å². The van der Waals surface area contributed by atoms with Gasteiger partial charge in [-0.25, -0.2) is 0 Å². The fraction of sp³-hybridized carbons (Fsp3) is 0.231. The van der Waals surface area contributed by atoms with Crippen molar-refractivity contribution in [3.63, 3.8) is 0 Å². The summed E-state index contributed by atoms with van der Waals surface area (Å²) in [7, 11) is 1.80. The fourth-order valence-electron chi connectivity index (χ4n) is 3.59. The van der Waals surface area contributed by atoms with Crippen molar-refractivity contribution < 1.29 is 19.7 Å². The molecule has 0 radical (unpaired) electrons. The number of benzene rings is 2. The first-order chi connectivity index (χ1) is 16.3. The lowest BCUT2D eigenvalue weighted by Crippen LogP contribution is -2.29. The maximum atomic E-state index is 13.0. The Balaban J connectivity index is 1.43. The summed E-state index contributed by atoms with van der Waals surface area (Å²) in [6.45, 7) is 2.64. The van der Waals surface area contributed by atoms with E-state index in [0.29, 0.717) is 17.5 Å². The highest BCUT2D eigenvalue weighted by molar-refractivity contribution is 7.18. The number of amides is 1. The molecule has 1 atom stereocenters. The number of aromatic nitrogens is 1. The molecule has 8 heteroatoms. The van der Waals surface area contributed by atoms with Crippen molar-refractivity contribution in [2.24, 2.45) is 7.05 Å². The molecule has 0 aliphatic heterocycles. The summed E-state index contributed by atoms with van der Waals surface area (Å²) in [5, 5.41) is 22.9. The van der Waals surface area contributed by atoms with Crippen LogP contribution in [0.3, 0.4) is 0 Å². The number of thiophene rings is 1. The van der Waals surface area contributed by atoms with Crippen LogP contribution in [0.2, 0.25) is 0 Å². The first-order valence-corrected chi connectivity index (χ1v) is 11.6. The third kappa shape index (κ3) is 5.36. The van der Waals surface area contributed by atoms with Gasteiger partial charge in [-0.1, -0.05) is 42.0 Å². The van der Waals surface area contributed by atoms with Crippen LogP contribution in [0.4, 0.5) is 0 Å². The molecule has 0 spiro atoms. The zero-order valence-corrected chi connectivity index (χ0v) is 19.8. The molecular weight excluding hydrogens is 452 g/mol. The number of pyridine rings is 1. The second kappa shape index (κ2) is 10.2. The Morgan fingerprint density at radius 1 is 1.15 bits per heavy atom. The molecule has 0 aliphatic carbocycles. The predicted octanol–water partition coefficient (Wildman–Crippen LogP) is 3.79. The number of phenols is 1. The average Bonchev–Trinajstić information content (AvgIpc) is 3.26. The Morgan fingerprint density at radius 2 is 1.85 bits per heavy atom. The average molecular weight is 479 g/mol. The molecule has 4 rings (SSSR count). The number of aliphatic hydroxyl groups is 1. The van der Waals surface area contributed by atoms with Crippen LogP contribution in [0.5, 0.6) is 5.75 Å². The number of aryl methyl sites for hydroxylation is 2. The maximum Gasteiger partial charge on any atom is 0.257 e. The minimum absolute atomic E-state index is 0.0715. The molecule has 4 aromatic rings. The van der Waals surface area contributed by atoms with Gasteiger partial charge in [0.25, 0.3) is 5.91 Å². The number of nitrogens with one attached hydrogen (secondary N) is 1. The summed E-state index contributed by atoms with van der Waals surface area (Å²) in [5.74, 6) is -0.282. The molecule has 34 heavy (non-hydrogen) atoms. The fourth-order valence-corrected chi connectivity index (χ4v) is 4.62. The van der Waals surface area contributed by atoms with E-state index in [9.17, 15) is 19.8 Å². The van der Waals surface area contributed by atoms with Crippen molar-refractivity contribution in [2.75, 3.05) is 6.61 Å². The van der Waals surface area contributed by atoms with E-state index in [2.05, 4.69) is 5.32 Å². The Kier molecular flexibility index (Phi) is 7.12. The van der Waals surface area contributed by atoms with Gasteiger partial charge in [-0.05, 0) is 36.2 Å². The number of aliphatic hydroxyl groups excluding tert-OH is 1. The van der Waals surface area contributed by atoms with Gasteiger partial charge in [0.2, 0.25) is 5.43 Å². The van der Waals surface area contributed by atoms with Crippen LogP contribution in [0.1, 0.15) is 38.0 Å². The molecule has 176 valence electrons. The monoisotopic (exact) mass is 478 g/mol. The smallest absolute Gasteiger partial charge is 0.257 e. The van der Waals surface area contributed by atoms with Crippen molar-refractivity contribution in [2.45, 2.75) is 26.2 Å². The summed E-state index contributed by atoms with van der Waals surface area (Å²) >= 11 is 1.41. The molecule has 0 saturated carbocycles. The number of carbonyl (C=O) groups excluding carboxylic acids is 1. The van der Waals surface area contributed by atoms with Crippen molar-refractivity contribution in [3.05, 3.63) is 98.1 Å². The molecule has 1 unspecified atom stereocenters. The van der Waals surface area contributed by atoms with E-state index in [1.807, 2.05) is 31.2 Å². The standard InChI is InChI=1S/C26H26N2O5S/c1-16-3-5-17(6-4-16)12-27-25(32)22-13-28(2)26-21(24(22)31)11-20(34-26)14-33-15-23(30)18-7-9-19(29)10-8-18/h3-11,13,23,29-30H,12,14-15H2,1-2H3,(H,27,32). The molecule has 2 aromatic carbocycles. The number of phenolic OH excluding ortho intramolecular Hbond substituents is 1. The highest BCUT2D eigenvalue weighted by atomic mass is 32.1. The zero-order valence-electron chi connectivity index (χ0n) is 18.9. The van der Waals surface area contributed by atoms with Crippen LogP contribution < -0.4 is 10.7 Å². The van der Waals surface area contributed by atoms with Gasteiger partial charge < -0.3 is 24.8 Å². The SMILES string of the molecule is Cc1ccc(CNC(=O)c2cn(C)c3sc(COCC(O)c4ccc(O)cc4)cc3c2=O)cc1. The predicted molar refractivity (Wildman–Crippen MR) is 132 cm³/mol. The Labute approximate surface area is 200 Å². The lowest BCUT2D eigenvalue weighted by atomic mass is 10.1. The number of nitrogens with zero attached hydrogens (tertiary/aromatic N) is 1. The van der Waals surface area contributed by atoms with Crippen molar-refractivity contribution in [1.29, 1.82) is 0 Å². The number of aromatic hydroxyl groups is 1. The largest absolute Gasteiger partial charge is 0.508 e. The number of hydrogen-bond donors (Lipinski definition) is 3. The van der Waals surface area contributed by atoms with Crippen LogP contribution in [0.25, 0.3) is 10.2 Å². The quantitative estimate of drug-likeness (QED) is 0.358. The first-order valence-electron chi connectivity index (χ1n) is 10.8. The summed E-state index contributed by atoms with van der Waals surface area (Å²) in [5.41, 5.74) is 2.52. The minimum Gasteiger partial charge on any atom is -0.508 e. The van der Waals surface area contributed by atoms with E-state index in [1.165, 1.54) is 23.5 Å². The second-order valence-corrected chi connectivity index (χ2v) is 9.32. The Hall–Kier alpha value is -3.46. The number of fused-ring (bicyclic) bond motifs is 1. The highest BCUT2D eigenvalue weighted by Gasteiger charge is 2.17. The number of ether oxygens (including phenoxy) is 1. The third-order valence-corrected chi connectivity index (χ3v) is 6.71. The van der Waals surface area contributed by atoms with Gasteiger partial charge in [0.15, 0.2) is 0 Å². The third-order valence-electron chi connectivity index (χ3n) is 5.51. The molecule has 3 N–H and O–H groups in total. The number of carbonyl (C=O) groups is 1. The molecule has 2 aromatic heterocycles. The van der Waals surface area contributed by atoms with Crippen LogP contribution in [0, 0.1) is 6.92 Å². The van der Waals surface area contributed by atoms with Gasteiger partial charge in [-0.15, -0.1) is 11.3 Å². The lowest BCUT2D eigenvalue weighted by molar-refractivity contribution is 0.0287. The van der Waals surface area contributed by atoms with E-state index in [0.717, 1.165) is 20.8 Å². The zero-order chi connectivity index (χ0) is 24.2. The maximum absolute atomic E-state index is 13.0. The van der Waals surface area contributed by atoms with Crippen molar-refractivity contribution in [1.82, 2.24) is 9.88 Å². The second-order valence-electron chi connectivity index (χ2n) is 8.21. The molecular formula is C26H26N2O5S. The normalized spacial score (nSPS) is 12.1. The van der Waals surface area contributed by atoms with Crippen LogP contribution in [0.15, 0.2) is 65.6 Å². The highest BCUT2D eigenvalue weighted by Crippen LogP contribution is 2.25. The molecule has 0 aliphatic rings. The lowest BCUT2D eigenvalue weighted by Gasteiger charge is -2.11. The number of rotatable bonds is 8. The Bertz CT molecular complexity index is 1360. The topological polar surface area (TPSA) is 101 Å². The van der Waals surface area contributed by atoms with E-state index in [4.69, 9.17) is 4.74 Å². The Morgan fingerprint density at radius 3 is 2.56 bits per heavy atom. The van der Waals surface area contributed by atoms with E-state index in [-0.39, 0.29) is 30.0 Å². The van der Waals surface area contributed by atoms with Crippen LogP contribution in [-0.2, 0) is 24.9 Å². The van der Waals surface area contributed by atoms with Gasteiger partial charge in [0.05, 0.1) is 18.6 Å². The van der Waals surface area contributed by atoms with E-state index < -0.39 is 12.0 Å².